The lowest BCUT2D eigenvalue weighted by atomic mass is 9.78. The van der Waals surface area contributed by atoms with Gasteiger partial charge in [0.15, 0.2) is 29.6 Å². The second kappa shape index (κ2) is 19.1. The van der Waals surface area contributed by atoms with Gasteiger partial charge < -0.3 is 39.3 Å². The van der Waals surface area contributed by atoms with Gasteiger partial charge in [-0.15, -0.1) is 0 Å². The molecule has 0 radical (unpaired) electrons. The largest absolute Gasteiger partial charge is 0.483 e. The molecule has 24 heteroatoms. The van der Waals surface area contributed by atoms with E-state index in [2.05, 4.69) is 49.2 Å². The number of piperidine rings is 1. The highest BCUT2D eigenvalue weighted by atomic mass is 19.4. The summed E-state index contributed by atoms with van der Waals surface area (Å²) in [6, 6.07) is 3.57. The molecule has 8 heterocycles. The fourth-order valence-electron chi connectivity index (χ4n) is 10.4. The van der Waals surface area contributed by atoms with Crippen molar-refractivity contribution in [3.8, 4) is 28.5 Å². The number of nitrogen functional groups attached to an aromatic ring is 1. The van der Waals surface area contributed by atoms with Crippen LogP contribution in [0.3, 0.4) is 0 Å². The average molecular weight is 1010 g/mol. The zero-order valence-electron chi connectivity index (χ0n) is 41.4. The predicted octanol–water partition coefficient (Wildman–Crippen LogP) is 5.65. The Bertz CT molecular complexity index is 2910. The van der Waals surface area contributed by atoms with Crippen LogP contribution in [0.25, 0.3) is 33.8 Å². The van der Waals surface area contributed by atoms with Gasteiger partial charge in [0, 0.05) is 75.9 Å². The summed E-state index contributed by atoms with van der Waals surface area (Å²) in [5, 5.41) is 12.1. The third-order valence-corrected chi connectivity index (χ3v) is 14.8. The topological polar surface area (TPSA) is 236 Å². The minimum absolute atomic E-state index is 0.0406. The molecule has 0 atom stereocenters. The minimum Gasteiger partial charge on any atom is -0.483 e. The van der Waals surface area contributed by atoms with Crippen LogP contribution in [-0.4, -0.2) is 156 Å². The third-order valence-electron chi connectivity index (χ3n) is 14.8. The summed E-state index contributed by atoms with van der Waals surface area (Å²) in [4.78, 5) is 76.5. The van der Waals surface area contributed by atoms with Crippen LogP contribution in [0.5, 0.6) is 5.75 Å². The summed E-state index contributed by atoms with van der Waals surface area (Å²) in [5.41, 5.74) is 7.44. The molecule has 21 nitrogen and oxygen atoms in total. The molecule has 5 amide bonds. The number of amides is 5. The lowest BCUT2D eigenvalue weighted by Gasteiger charge is -2.50. The number of rotatable bonds is 12. The first kappa shape index (κ1) is 49.5. The molecule has 0 spiro atoms. The van der Waals surface area contributed by atoms with Crippen molar-refractivity contribution in [2.24, 2.45) is 5.92 Å². The van der Waals surface area contributed by atoms with Crippen molar-refractivity contribution in [1.29, 1.82) is 0 Å². The number of fused-ring (bicyclic) bond motifs is 1. The number of aromatic nitrogens is 7. The Kier molecular flexibility index (Phi) is 12.9. The summed E-state index contributed by atoms with van der Waals surface area (Å²) >= 11 is 0. The van der Waals surface area contributed by atoms with Crippen LogP contribution in [0, 0.1) is 5.92 Å². The zero-order chi connectivity index (χ0) is 51.6. The second-order valence-corrected chi connectivity index (χ2v) is 21.0. The van der Waals surface area contributed by atoms with E-state index in [0.29, 0.717) is 90.2 Å². The smallest absolute Gasteiger partial charge is 0.418 e. The molecule has 10 rings (SSSR count). The predicted molar refractivity (Wildman–Crippen MR) is 258 cm³/mol. The van der Waals surface area contributed by atoms with E-state index in [-0.39, 0.29) is 80.1 Å². The number of carbonyl (C=O) groups excluding carboxylic acids is 4. The molecule has 5 aliphatic rings. The number of imide groups is 1. The molecule has 5 aromatic rings. The summed E-state index contributed by atoms with van der Waals surface area (Å²) in [5.74, 6) is 1.43. The fraction of sp³-hybridized carbons (Fsp3) is 0.551. The number of benzene rings is 1. The molecule has 4 aliphatic heterocycles. The number of alkyl halides is 3. The number of hydrogen-bond acceptors (Lipinski definition) is 16. The van der Waals surface area contributed by atoms with E-state index in [4.69, 9.17) is 24.8 Å². The van der Waals surface area contributed by atoms with Crippen molar-refractivity contribution in [2.75, 3.05) is 76.1 Å². The number of carbonyl (C=O) groups is 4. The highest BCUT2D eigenvalue weighted by Gasteiger charge is 2.42. The Morgan fingerprint density at radius 2 is 1.59 bits per heavy atom. The van der Waals surface area contributed by atoms with Gasteiger partial charge in [0.2, 0.25) is 5.91 Å². The van der Waals surface area contributed by atoms with Crippen LogP contribution < -0.4 is 20.7 Å². The van der Waals surface area contributed by atoms with Gasteiger partial charge in [0.05, 0.1) is 47.5 Å². The van der Waals surface area contributed by atoms with Gasteiger partial charge in [-0.05, 0) is 83.9 Å². The summed E-state index contributed by atoms with van der Waals surface area (Å²) in [7, 11) is 0. The van der Waals surface area contributed by atoms with E-state index < -0.39 is 35.3 Å². The molecule has 3 N–H and O–H groups in total. The molecular formula is C49H59F3N14O7. The van der Waals surface area contributed by atoms with Gasteiger partial charge in [-0.1, -0.05) is 11.2 Å². The Morgan fingerprint density at radius 1 is 0.877 bits per heavy atom. The molecule has 1 saturated carbocycles. The maximum absolute atomic E-state index is 14.4. The van der Waals surface area contributed by atoms with Crippen molar-refractivity contribution in [1.82, 2.24) is 59.8 Å². The molecule has 73 heavy (non-hydrogen) atoms. The Hall–Kier alpha value is -7.11. The normalized spacial score (nSPS) is 18.8. The quantitative estimate of drug-likeness (QED) is 0.154. The Balaban J connectivity index is 0.677. The maximum atomic E-state index is 14.4. The molecular weight excluding hydrogens is 954 g/mol. The number of nitrogens with zero attached hydrogens (tertiary/aromatic N) is 12. The van der Waals surface area contributed by atoms with E-state index in [1.54, 1.807) is 32.9 Å². The first-order valence-electron chi connectivity index (χ1n) is 24.7. The minimum atomic E-state index is -4.61. The van der Waals surface area contributed by atoms with Crippen molar-refractivity contribution in [3.05, 3.63) is 53.8 Å². The summed E-state index contributed by atoms with van der Waals surface area (Å²) in [6.07, 6.45) is 2.40. The number of nitrogens with one attached hydrogen (secondary N) is 1. The molecule has 388 valence electrons. The number of ether oxygens (including phenoxy) is 2. The second-order valence-electron chi connectivity index (χ2n) is 21.0. The van der Waals surface area contributed by atoms with Gasteiger partial charge in [0.25, 0.3) is 5.91 Å². The lowest BCUT2D eigenvalue weighted by Crippen LogP contribution is -2.59. The Morgan fingerprint density at radius 3 is 2.25 bits per heavy atom. The Labute approximate surface area is 418 Å². The number of urea groups is 1. The van der Waals surface area contributed by atoms with E-state index in [1.807, 2.05) is 20.8 Å². The van der Waals surface area contributed by atoms with Crippen molar-refractivity contribution < 1.29 is 46.3 Å². The lowest BCUT2D eigenvalue weighted by molar-refractivity contribution is -0.137. The molecule has 4 aromatic heterocycles. The van der Waals surface area contributed by atoms with Gasteiger partial charge in [0.1, 0.15) is 29.6 Å². The van der Waals surface area contributed by atoms with Crippen molar-refractivity contribution in [2.45, 2.75) is 103 Å². The molecule has 0 bridgehead atoms. The molecule has 1 aliphatic carbocycles. The highest BCUT2D eigenvalue weighted by Crippen LogP contribution is 2.48. The van der Waals surface area contributed by atoms with Crippen molar-refractivity contribution >= 4 is 46.5 Å². The fourth-order valence-corrected chi connectivity index (χ4v) is 10.4. The van der Waals surface area contributed by atoms with Crippen LogP contribution in [0.2, 0.25) is 0 Å². The number of nitrogens with two attached hydrogens (primary N) is 1. The van der Waals surface area contributed by atoms with Gasteiger partial charge in [-0.2, -0.15) is 18.3 Å². The van der Waals surface area contributed by atoms with Gasteiger partial charge in [-0.25, -0.2) is 34.2 Å². The number of likely N-dealkylation sites (tertiary alicyclic amines) is 2. The van der Waals surface area contributed by atoms with E-state index in [1.165, 1.54) is 22.2 Å². The van der Waals surface area contributed by atoms with Gasteiger partial charge >= 0.3 is 18.3 Å². The van der Waals surface area contributed by atoms with E-state index in [0.717, 1.165) is 31.7 Å². The number of hydrogen-bond donors (Lipinski definition) is 2. The number of halogens is 3. The average Bonchev–Trinajstić information content (AvgIpc) is 3.97. The van der Waals surface area contributed by atoms with Crippen molar-refractivity contribution in [3.63, 3.8) is 0 Å². The zero-order valence-corrected chi connectivity index (χ0v) is 41.4. The van der Waals surface area contributed by atoms with Crippen LogP contribution in [0.1, 0.15) is 89.5 Å². The standard InChI is InChI=1S/C49H59F3N14O7/c1-47(2,3)66-44-38(42(53)56-27-57-44)39(59-66)40-37(41(73-60-40)29-7-8-29)43-54-21-31(22-55-43)72-32-24-64(25-32)46(70)71-26-36(68)62-13-10-30(11-14-62)48(4,5)65-18-16-61(17-19-65)34-9-6-28(20-33(34)49(50,51)52)23-63-15-12-35(67)58-45(63)69/h6,9,20-22,27,29-30,32H,7-8,10-19,23-26H2,1-5H3,(H2,53,56,57)(H,58,67,69). The van der Waals surface area contributed by atoms with Crippen LogP contribution >= 0.6 is 0 Å². The van der Waals surface area contributed by atoms with Crippen LogP contribution in [0.4, 0.5) is 34.3 Å². The highest BCUT2D eigenvalue weighted by molar-refractivity contribution is 6.00. The SMILES string of the molecule is CC(C)(C1CCN(C(=O)COC(=O)N2CC(Oc3cnc(-c4c(-c5nn(C(C)(C)C)c6ncnc(N)c56)noc4C4CC4)nc3)C2)CC1)N1CCN(c2ccc(CN3CCC(=O)NC3=O)cc2C(F)(F)F)CC1. The molecule has 1 aromatic carbocycles. The molecule has 4 saturated heterocycles. The maximum Gasteiger partial charge on any atom is 0.418 e. The number of piperazine rings is 1. The third kappa shape index (κ3) is 10.0. The summed E-state index contributed by atoms with van der Waals surface area (Å²) in [6.45, 7) is 13.4. The molecule has 5 fully saturated rings. The van der Waals surface area contributed by atoms with Crippen LogP contribution in [0.15, 0.2) is 41.4 Å². The van der Waals surface area contributed by atoms with Gasteiger partial charge in [-0.3, -0.25) is 19.8 Å². The molecule has 0 unspecified atom stereocenters. The first-order valence-corrected chi connectivity index (χ1v) is 24.7. The summed E-state index contributed by atoms with van der Waals surface area (Å²) < 4.78 is 62.5. The first-order chi connectivity index (χ1) is 34.7. The number of anilines is 2. The van der Waals surface area contributed by atoms with E-state index in [9.17, 15) is 32.3 Å². The van der Waals surface area contributed by atoms with Crippen LogP contribution in [-0.2, 0) is 32.6 Å². The van der Waals surface area contributed by atoms with E-state index >= 15 is 0 Å². The monoisotopic (exact) mass is 1010 g/mol.